The van der Waals surface area contributed by atoms with E-state index in [0.717, 1.165) is 0 Å². The van der Waals surface area contributed by atoms with Crippen molar-refractivity contribution in [2.24, 2.45) is 0 Å². The van der Waals surface area contributed by atoms with Gasteiger partial charge >= 0.3 is 5.97 Å². The minimum Gasteiger partial charge on any atom is -0.479 e. The number of ketones is 1. The monoisotopic (exact) mass is 332 g/mol. The summed E-state index contributed by atoms with van der Waals surface area (Å²) in [6.07, 6.45) is -1.79. The first kappa shape index (κ1) is 17.1. The fourth-order valence-electron chi connectivity index (χ4n) is 2.13. The Hall–Kier alpha value is -2.23. The molecule has 0 spiro atoms. The number of carbonyl (C=O) groups is 2. The molecule has 0 aliphatic heterocycles. The molecule has 0 saturated heterocycles. The van der Waals surface area contributed by atoms with Crippen molar-refractivity contribution in [1.29, 1.82) is 0 Å². The van der Waals surface area contributed by atoms with Crippen LogP contribution in [0.2, 0.25) is 0 Å². The third kappa shape index (κ3) is 4.15. The van der Waals surface area contributed by atoms with Crippen LogP contribution in [0.1, 0.15) is 13.3 Å². The summed E-state index contributed by atoms with van der Waals surface area (Å²) in [6.45, 7) is 1.27. The van der Waals surface area contributed by atoms with E-state index in [0.29, 0.717) is 10.6 Å². The number of hydrogen-bond donors (Lipinski definition) is 1. The molecule has 6 heteroatoms. The topological polar surface area (TPSA) is 80.7 Å². The summed E-state index contributed by atoms with van der Waals surface area (Å²) in [4.78, 5) is 22.7. The average Bonchev–Trinajstić information content (AvgIpc) is 2.55. The fourth-order valence-corrected chi connectivity index (χ4v) is 4.32. The van der Waals surface area contributed by atoms with Crippen molar-refractivity contribution in [3.8, 4) is 0 Å². The highest BCUT2D eigenvalue weighted by Gasteiger charge is 2.35. The molecule has 0 heterocycles. The highest BCUT2D eigenvalue weighted by atomic mass is 31.2. The number of carbonyl (C=O) groups excluding carboxylic acids is 1. The van der Waals surface area contributed by atoms with Crippen LogP contribution in [0.3, 0.4) is 0 Å². The van der Waals surface area contributed by atoms with Crippen LogP contribution in [0.5, 0.6) is 0 Å². The Balaban J connectivity index is 2.48. The van der Waals surface area contributed by atoms with Gasteiger partial charge in [0, 0.05) is 17.0 Å². The molecule has 0 bridgehead atoms. The number of carboxylic acids is 1. The molecule has 0 fully saturated rings. The van der Waals surface area contributed by atoms with E-state index in [1.54, 1.807) is 60.7 Å². The van der Waals surface area contributed by atoms with Crippen LogP contribution in [0.15, 0.2) is 60.7 Å². The smallest absolute Gasteiger partial charge is 0.333 e. The average molecular weight is 332 g/mol. The maximum atomic E-state index is 13.5. The third-order valence-electron chi connectivity index (χ3n) is 3.22. The second-order valence-electron chi connectivity index (χ2n) is 5.06. The molecule has 23 heavy (non-hydrogen) atoms. The molecule has 0 aliphatic rings. The first-order chi connectivity index (χ1) is 10.9. The molecule has 120 valence electrons. The van der Waals surface area contributed by atoms with E-state index in [1.165, 1.54) is 6.92 Å². The van der Waals surface area contributed by atoms with Crippen molar-refractivity contribution in [2.45, 2.75) is 19.4 Å². The molecule has 0 aliphatic carbocycles. The lowest BCUT2D eigenvalue weighted by molar-refractivity contribution is -0.146. The highest BCUT2D eigenvalue weighted by molar-refractivity contribution is 7.74. The molecule has 0 saturated carbocycles. The van der Waals surface area contributed by atoms with Crippen LogP contribution in [0, 0.1) is 0 Å². The number of benzene rings is 2. The van der Waals surface area contributed by atoms with E-state index in [4.69, 9.17) is 4.52 Å². The van der Waals surface area contributed by atoms with Crippen LogP contribution in [0.25, 0.3) is 0 Å². The zero-order chi connectivity index (χ0) is 16.9. The fraction of sp³-hybridized carbons (Fsp3) is 0.176. The number of hydrogen-bond acceptors (Lipinski definition) is 4. The summed E-state index contributed by atoms with van der Waals surface area (Å²) in [5, 5.41) is 10.1. The van der Waals surface area contributed by atoms with Crippen molar-refractivity contribution in [2.75, 3.05) is 0 Å². The van der Waals surface area contributed by atoms with Crippen LogP contribution in [-0.4, -0.2) is 23.0 Å². The summed E-state index contributed by atoms with van der Waals surface area (Å²) in [5.74, 6) is -1.66. The van der Waals surface area contributed by atoms with Gasteiger partial charge in [-0.05, 0) is 31.2 Å². The van der Waals surface area contributed by atoms with Crippen molar-refractivity contribution in [3.63, 3.8) is 0 Å². The minimum absolute atomic E-state index is 0.334. The van der Waals surface area contributed by atoms with E-state index in [9.17, 15) is 19.3 Å². The maximum absolute atomic E-state index is 13.5. The van der Waals surface area contributed by atoms with Gasteiger partial charge in [-0.2, -0.15) is 0 Å². The van der Waals surface area contributed by atoms with Crippen molar-refractivity contribution < 1.29 is 23.8 Å². The third-order valence-corrected chi connectivity index (χ3v) is 5.72. The van der Waals surface area contributed by atoms with Crippen molar-refractivity contribution in [1.82, 2.24) is 0 Å². The van der Waals surface area contributed by atoms with Gasteiger partial charge in [0.15, 0.2) is 6.10 Å². The Bertz CT molecular complexity index is 684. The highest BCUT2D eigenvalue weighted by Crippen LogP contribution is 2.46. The van der Waals surface area contributed by atoms with Gasteiger partial charge in [0.25, 0.3) is 7.37 Å². The van der Waals surface area contributed by atoms with Crippen molar-refractivity contribution in [3.05, 3.63) is 60.7 Å². The first-order valence-electron chi connectivity index (χ1n) is 7.05. The Kier molecular flexibility index (Phi) is 5.48. The lowest BCUT2D eigenvalue weighted by Gasteiger charge is -2.23. The van der Waals surface area contributed by atoms with Gasteiger partial charge < -0.3 is 9.63 Å². The number of Topliss-reactive ketones (excluding diaryl/α,β-unsaturated/α-hetero) is 1. The van der Waals surface area contributed by atoms with Crippen LogP contribution >= 0.6 is 7.37 Å². The van der Waals surface area contributed by atoms with Crippen LogP contribution in [-0.2, 0) is 18.7 Å². The Morgan fingerprint density at radius 3 is 1.78 bits per heavy atom. The quantitative estimate of drug-likeness (QED) is 0.787. The summed E-state index contributed by atoms with van der Waals surface area (Å²) < 4.78 is 19.0. The predicted octanol–water partition coefficient (Wildman–Crippen LogP) is 2.36. The summed E-state index contributed by atoms with van der Waals surface area (Å²) in [7, 11) is -3.62. The van der Waals surface area contributed by atoms with Gasteiger partial charge in [-0.15, -0.1) is 0 Å². The Morgan fingerprint density at radius 2 is 1.43 bits per heavy atom. The molecule has 2 aromatic carbocycles. The Labute approximate surface area is 134 Å². The number of carboxylic acid groups (broad SMARTS) is 1. The van der Waals surface area contributed by atoms with E-state index in [2.05, 4.69) is 0 Å². The second-order valence-corrected chi connectivity index (χ2v) is 7.41. The zero-order valence-electron chi connectivity index (χ0n) is 12.6. The molecule has 2 rings (SSSR count). The molecule has 1 N–H and O–H groups in total. The van der Waals surface area contributed by atoms with E-state index < -0.39 is 19.4 Å². The van der Waals surface area contributed by atoms with Crippen LogP contribution < -0.4 is 10.6 Å². The molecular weight excluding hydrogens is 315 g/mol. The summed E-state index contributed by atoms with van der Waals surface area (Å²) in [6, 6.07) is 16.8. The van der Waals surface area contributed by atoms with E-state index in [-0.39, 0.29) is 12.2 Å². The molecule has 0 radical (unpaired) electrons. The summed E-state index contributed by atoms with van der Waals surface area (Å²) in [5.41, 5.74) is 0. The largest absolute Gasteiger partial charge is 0.479 e. The summed E-state index contributed by atoms with van der Waals surface area (Å²) >= 11 is 0. The van der Waals surface area contributed by atoms with Crippen molar-refractivity contribution >= 4 is 29.7 Å². The molecule has 5 nitrogen and oxygen atoms in total. The predicted molar refractivity (Wildman–Crippen MR) is 87.6 cm³/mol. The second kappa shape index (κ2) is 7.36. The molecule has 1 unspecified atom stereocenters. The molecular formula is C17H17O5P. The maximum Gasteiger partial charge on any atom is 0.333 e. The van der Waals surface area contributed by atoms with Gasteiger partial charge in [-0.25, -0.2) is 4.79 Å². The van der Waals surface area contributed by atoms with E-state index >= 15 is 0 Å². The minimum atomic E-state index is -3.62. The molecule has 0 aromatic heterocycles. The van der Waals surface area contributed by atoms with Gasteiger partial charge in [0.2, 0.25) is 0 Å². The molecule has 1 atom stereocenters. The first-order valence-corrected chi connectivity index (χ1v) is 8.68. The van der Waals surface area contributed by atoms with Gasteiger partial charge in [-0.1, -0.05) is 36.4 Å². The molecule has 0 amide bonds. The standard InChI is InChI=1S/C17H17O5P/c1-13(18)12-16(17(19)20)22-23(21,14-8-4-2-5-9-14)15-10-6-3-7-11-15/h2-11,16H,12H2,1H3,(H,19,20). The van der Waals surface area contributed by atoms with Gasteiger partial charge in [-0.3, -0.25) is 9.36 Å². The lowest BCUT2D eigenvalue weighted by Crippen LogP contribution is -2.30. The number of aliphatic carboxylic acids is 1. The zero-order valence-corrected chi connectivity index (χ0v) is 13.5. The number of rotatable bonds is 7. The van der Waals surface area contributed by atoms with Gasteiger partial charge in [0.1, 0.15) is 5.78 Å². The lowest BCUT2D eigenvalue weighted by atomic mass is 10.2. The van der Waals surface area contributed by atoms with E-state index in [1.807, 2.05) is 0 Å². The normalized spacial score (nSPS) is 12.6. The molecule has 2 aromatic rings. The van der Waals surface area contributed by atoms with Gasteiger partial charge in [0.05, 0.1) is 0 Å². The SMILES string of the molecule is CC(=O)CC(OP(=O)(c1ccccc1)c1ccccc1)C(=O)O. The Morgan fingerprint density at radius 1 is 1.00 bits per heavy atom. The van der Waals surface area contributed by atoms with Crippen LogP contribution in [0.4, 0.5) is 0 Å².